The number of rotatable bonds is 2. The highest BCUT2D eigenvalue weighted by molar-refractivity contribution is 5.99. The molecule has 0 aliphatic carbocycles. The first-order valence-corrected chi connectivity index (χ1v) is 4.33. The van der Waals surface area contributed by atoms with E-state index >= 15 is 0 Å². The average Bonchev–Trinajstić information content (AvgIpc) is 2.70. The summed E-state index contributed by atoms with van der Waals surface area (Å²) in [4.78, 5) is 11.2. The highest BCUT2D eigenvalue weighted by Crippen LogP contribution is 2.19. The molecule has 0 bridgehead atoms. The summed E-state index contributed by atoms with van der Waals surface area (Å²) >= 11 is 0. The summed E-state index contributed by atoms with van der Waals surface area (Å²) < 4.78 is 0. The number of hydrogen-bond donors (Lipinski definition) is 2. The van der Waals surface area contributed by atoms with Crippen LogP contribution >= 0.6 is 0 Å². The van der Waals surface area contributed by atoms with Gasteiger partial charge in [-0.25, -0.2) is 0 Å². The number of nitrogens with one attached hydrogen (secondary N) is 1. The third-order valence-electron chi connectivity index (χ3n) is 2.03. The number of aromatic nitrogens is 4. The maximum atomic E-state index is 11.2. The predicted octanol–water partition coefficient (Wildman–Crippen LogP) is 0.274. The fourth-order valence-corrected chi connectivity index (χ4v) is 1.33. The molecule has 15 heavy (non-hydrogen) atoms. The van der Waals surface area contributed by atoms with Crippen molar-refractivity contribution in [1.82, 2.24) is 20.6 Å². The van der Waals surface area contributed by atoms with Gasteiger partial charge in [-0.2, -0.15) is 5.21 Å². The van der Waals surface area contributed by atoms with Crippen molar-refractivity contribution in [2.24, 2.45) is 5.73 Å². The Labute approximate surface area is 85.5 Å². The molecule has 0 saturated heterocycles. The molecule has 1 aromatic heterocycles. The summed E-state index contributed by atoms with van der Waals surface area (Å²) in [5.41, 5.74) is 7.20. The molecule has 76 valence electrons. The summed E-state index contributed by atoms with van der Waals surface area (Å²) in [6.45, 7) is 1.88. The van der Waals surface area contributed by atoms with Crippen LogP contribution in [0.1, 0.15) is 15.9 Å². The van der Waals surface area contributed by atoms with E-state index in [-0.39, 0.29) is 0 Å². The molecule has 2 rings (SSSR count). The van der Waals surface area contributed by atoms with Crippen LogP contribution in [0.2, 0.25) is 0 Å². The molecule has 0 unspecified atom stereocenters. The molecule has 0 aliphatic rings. The zero-order valence-electron chi connectivity index (χ0n) is 8.06. The number of carbonyl (C=O) groups excluding carboxylic acids is 1. The van der Waals surface area contributed by atoms with E-state index in [1.54, 1.807) is 12.1 Å². The van der Waals surface area contributed by atoms with Crippen molar-refractivity contribution in [3.05, 3.63) is 29.3 Å². The monoisotopic (exact) mass is 203 g/mol. The molecular weight excluding hydrogens is 194 g/mol. The second kappa shape index (κ2) is 3.49. The van der Waals surface area contributed by atoms with E-state index in [0.717, 1.165) is 5.56 Å². The van der Waals surface area contributed by atoms with Crippen LogP contribution < -0.4 is 5.73 Å². The van der Waals surface area contributed by atoms with Crippen molar-refractivity contribution in [1.29, 1.82) is 0 Å². The van der Waals surface area contributed by atoms with Gasteiger partial charge in [0.15, 0.2) is 0 Å². The topological polar surface area (TPSA) is 97.6 Å². The van der Waals surface area contributed by atoms with Crippen LogP contribution in [0.5, 0.6) is 0 Å². The van der Waals surface area contributed by atoms with Crippen molar-refractivity contribution in [3.8, 4) is 11.4 Å². The fraction of sp³-hybridized carbons (Fsp3) is 0.111. The van der Waals surface area contributed by atoms with Gasteiger partial charge in [0.1, 0.15) is 0 Å². The molecule has 6 nitrogen and oxygen atoms in total. The summed E-state index contributed by atoms with van der Waals surface area (Å²) in [5.74, 6) is -0.137. The van der Waals surface area contributed by atoms with E-state index in [2.05, 4.69) is 20.6 Å². The normalized spacial score (nSPS) is 10.2. The van der Waals surface area contributed by atoms with Crippen LogP contribution in [-0.4, -0.2) is 26.5 Å². The first-order valence-electron chi connectivity index (χ1n) is 4.33. The number of aryl methyl sites for hydroxylation is 1. The lowest BCUT2D eigenvalue weighted by Crippen LogP contribution is -2.12. The second-order valence-electron chi connectivity index (χ2n) is 3.15. The summed E-state index contributed by atoms with van der Waals surface area (Å²) in [7, 11) is 0. The van der Waals surface area contributed by atoms with Crippen molar-refractivity contribution in [3.63, 3.8) is 0 Å². The molecular formula is C9H9N5O. The largest absolute Gasteiger partial charge is 0.366 e. The molecule has 0 radical (unpaired) electrons. The zero-order chi connectivity index (χ0) is 10.8. The van der Waals surface area contributed by atoms with Crippen LogP contribution in [0, 0.1) is 6.92 Å². The van der Waals surface area contributed by atoms with Gasteiger partial charge in [-0.15, -0.1) is 10.2 Å². The SMILES string of the molecule is Cc1ccc(-c2nn[nH]n2)c(C(N)=O)c1. The van der Waals surface area contributed by atoms with Gasteiger partial charge in [0.2, 0.25) is 11.7 Å². The number of primary amides is 1. The quantitative estimate of drug-likeness (QED) is 0.732. The molecule has 0 saturated carbocycles. The lowest BCUT2D eigenvalue weighted by Gasteiger charge is -2.03. The van der Waals surface area contributed by atoms with Gasteiger partial charge < -0.3 is 5.73 Å². The molecule has 0 fully saturated rings. The molecule has 1 aromatic carbocycles. The lowest BCUT2D eigenvalue weighted by molar-refractivity contribution is 0.100. The van der Waals surface area contributed by atoms with Gasteiger partial charge >= 0.3 is 0 Å². The van der Waals surface area contributed by atoms with Gasteiger partial charge in [0.25, 0.3) is 0 Å². The summed E-state index contributed by atoms with van der Waals surface area (Å²) in [5, 5.41) is 13.4. The van der Waals surface area contributed by atoms with Gasteiger partial charge in [-0.3, -0.25) is 4.79 Å². The van der Waals surface area contributed by atoms with E-state index in [0.29, 0.717) is 17.0 Å². The Morgan fingerprint density at radius 3 is 2.87 bits per heavy atom. The van der Waals surface area contributed by atoms with Gasteiger partial charge in [-0.05, 0) is 24.3 Å². The Balaban J connectivity index is 2.61. The van der Waals surface area contributed by atoms with E-state index in [1.165, 1.54) is 0 Å². The van der Waals surface area contributed by atoms with E-state index in [1.807, 2.05) is 13.0 Å². The van der Waals surface area contributed by atoms with Gasteiger partial charge in [0, 0.05) is 5.56 Å². The molecule has 1 heterocycles. The molecule has 2 aromatic rings. The molecule has 0 atom stereocenters. The Morgan fingerprint density at radius 2 is 2.27 bits per heavy atom. The number of amides is 1. The van der Waals surface area contributed by atoms with Crippen molar-refractivity contribution >= 4 is 5.91 Å². The Hall–Kier alpha value is -2.24. The summed E-state index contributed by atoms with van der Waals surface area (Å²) in [6, 6.07) is 5.31. The molecule has 0 spiro atoms. The summed E-state index contributed by atoms with van der Waals surface area (Å²) in [6.07, 6.45) is 0. The minimum Gasteiger partial charge on any atom is -0.366 e. The van der Waals surface area contributed by atoms with Gasteiger partial charge in [-0.1, -0.05) is 11.6 Å². The standard InChI is InChI=1S/C9H9N5O/c1-5-2-3-6(7(4-5)8(10)15)9-11-13-14-12-9/h2-4H,1H3,(H2,10,15)(H,11,12,13,14). The molecule has 3 N–H and O–H groups in total. The fourth-order valence-electron chi connectivity index (χ4n) is 1.33. The molecule has 6 heteroatoms. The van der Waals surface area contributed by atoms with E-state index in [4.69, 9.17) is 5.73 Å². The maximum Gasteiger partial charge on any atom is 0.249 e. The first-order chi connectivity index (χ1) is 7.18. The van der Waals surface area contributed by atoms with Crippen LogP contribution in [0.4, 0.5) is 0 Å². The number of H-pyrrole nitrogens is 1. The highest BCUT2D eigenvalue weighted by atomic mass is 16.1. The second-order valence-corrected chi connectivity index (χ2v) is 3.15. The number of hydrogen-bond acceptors (Lipinski definition) is 4. The lowest BCUT2D eigenvalue weighted by atomic mass is 10.0. The van der Waals surface area contributed by atoms with Gasteiger partial charge in [0.05, 0.1) is 5.56 Å². The van der Waals surface area contributed by atoms with Crippen LogP contribution in [-0.2, 0) is 0 Å². The number of benzene rings is 1. The third-order valence-corrected chi connectivity index (χ3v) is 2.03. The van der Waals surface area contributed by atoms with Crippen LogP contribution in [0.15, 0.2) is 18.2 Å². The molecule has 0 aliphatic heterocycles. The Bertz CT molecular complexity index is 491. The van der Waals surface area contributed by atoms with Crippen molar-refractivity contribution in [2.75, 3.05) is 0 Å². The number of aromatic amines is 1. The number of nitrogens with zero attached hydrogens (tertiary/aromatic N) is 3. The minimum absolute atomic E-state index is 0.365. The number of nitrogens with two attached hydrogens (primary N) is 1. The smallest absolute Gasteiger partial charge is 0.249 e. The van der Waals surface area contributed by atoms with Crippen LogP contribution in [0.3, 0.4) is 0 Å². The van der Waals surface area contributed by atoms with Crippen molar-refractivity contribution in [2.45, 2.75) is 6.92 Å². The van der Waals surface area contributed by atoms with E-state index < -0.39 is 5.91 Å². The van der Waals surface area contributed by atoms with E-state index in [9.17, 15) is 4.79 Å². The van der Waals surface area contributed by atoms with Crippen molar-refractivity contribution < 1.29 is 4.79 Å². The third kappa shape index (κ3) is 1.69. The maximum absolute atomic E-state index is 11.2. The number of tetrazole rings is 1. The Morgan fingerprint density at radius 1 is 1.47 bits per heavy atom. The van der Waals surface area contributed by atoms with Crippen LogP contribution in [0.25, 0.3) is 11.4 Å². The average molecular weight is 203 g/mol. The first kappa shape index (κ1) is 9.32. The highest BCUT2D eigenvalue weighted by Gasteiger charge is 2.13. The zero-order valence-corrected chi connectivity index (χ0v) is 8.06. The minimum atomic E-state index is -0.501. The number of carbonyl (C=O) groups is 1. The predicted molar refractivity (Wildman–Crippen MR) is 52.9 cm³/mol. The molecule has 1 amide bonds. The Kier molecular flexibility index (Phi) is 2.17.